The summed E-state index contributed by atoms with van der Waals surface area (Å²) in [5, 5.41) is 12.8. The van der Waals surface area contributed by atoms with Gasteiger partial charge in [-0.25, -0.2) is 0 Å². The zero-order chi connectivity index (χ0) is 9.42. The molecule has 0 aliphatic carbocycles. The van der Waals surface area contributed by atoms with Crippen LogP contribution in [0.1, 0.15) is 12.5 Å². The fourth-order valence-corrected chi connectivity index (χ4v) is 2.54. The topological polar surface area (TPSA) is 20.2 Å². The lowest BCUT2D eigenvalue weighted by Crippen LogP contribution is -1.79. The normalized spacial score (nSPS) is 10.9. The Labute approximate surface area is 85.6 Å². The zero-order valence-electron chi connectivity index (χ0n) is 7.17. The summed E-state index contributed by atoms with van der Waals surface area (Å²) in [5.41, 5.74) is 1.16. The summed E-state index contributed by atoms with van der Waals surface area (Å²) in [4.78, 5) is 0. The average Bonchev–Trinajstić information content (AvgIpc) is 2.48. The van der Waals surface area contributed by atoms with Crippen LogP contribution in [0.25, 0.3) is 10.1 Å². The van der Waals surface area contributed by atoms with E-state index in [9.17, 15) is 5.11 Å². The maximum absolute atomic E-state index is 9.51. The predicted octanol–water partition coefficient (Wildman–Crippen LogP) is 3.82. The van der Waals surface area contributed by atoms with Crippen LogP contribution in [0.4, 0.5) is 0 Å². The van der Waals surface area contributed by atoms with E-state index in [1.165, 1.54) is 11.3 Å². The van der Waals surface area contributed by atoms with Gasteiger partial charge in [0.2, 0.25) is 0 Å². The number of aromatic hydroxyl groups is 1. The number of benzene rings is 1. The minimum atomic E-state index is 0.331. The molecule has 68 valence electrons. The predicted molar refractivity (Wildman–Crippen MR) is 57.9 cm³/mol. The first-order chi connectivity index (χ1) is 6.22. The molecule has 1 N–H and O–H groups in total. The summed E-state index contributed by atoms with van der Waals surface area (Å²) in [7, 11) is 0. The molecule has 0 saturated carbocycles. The first kappa shape index (κ1) is 8.85. The molecule has 0 saturated heterocycles. The molecule has 13 heavy (non-hydrogen) atoms. The smallest absolute Gasteiger partial charge is 0.134 e. The van der Waals surface area contributed by atoms with Gasteiger partial charge < -0.3 is 5.11 Å². The second-order valence-electron chi connectivity index (χ2n) is 2.93. The molecule has 0 aliphatic rings. The van der Waals surface area contributed by atoms with Crippen molar-refractivity contribution in [3.63, 3.8) is 0 Å². The molecule has 2 rings (SSSR count). The van der Waals surface area contributed by atoms with Crippen molar-refractivity contribution < 1.29 is 5.11 Å². The van der Waals surface area contributed by atoms with Crippen LogP contribution in [0, 0.1) is 0 Å². The fraction of sp³-hybridized carbons (Fsp3) is 0.200. The number of fused-ring (bicyclic) bond motifs is 1. The van der Waals surface area contributed by atoms with Gasteiger partial charge in [0.25, 0.3) is 0 Å². The summed E-state index contributed by atoms with van der Waals surface area (Å²) in [5.74, 6) is 0.331. The molecule has 1 aromatic carbocycles. The second kappa shape index (κ2) is 3.20. The van der Waals surface area contributed by atoms with Crippen molar-refractivity contribution in [3.05, 3.63) is 28.1 Å². The third-order valence-corrected chi connectivity index (χ3v) is 3.50. The van der Waals surface area contributed by atoms with Crippen molar-refractivity contribution in [1.29, 1.82) is 0 Å². The molecule has 1 nitrogen and oxygen atoms in total. The van der Waals surface area contributed by atoms with Crippen LogP contribution >= 0.6 is 22.9 Å². The second-order valence-corrected chi connectivity index (χ2v) is 4.22. The number of aryl methyl sites for hydroxylation is 1. The van der Waals surface area contributed by atoms with Crippen molar-refractivity contribution in [2.75, 3.05) is 0 Å². The molecule has 0 radical (unpaired) electrons. The van der Waals surface area contributed by atoms with Gasteiger partial charge in [-0.15, -0.1) is 11.3 Å². The monoisotopic (exact) mass is 212 g/mol. The van der Waals surface area contributed by atoms with Crippen molar-refractivity contribution in [2.45, 2.75) is 13.3 Å². The lowest BCUT2D eigenvalue weighted by Gasteiger charge is -1.99. The number of rotatable bonds is 1. The Morgan fingerprint density at radius 1 is 1.46 bits per heavy atom. The number of hydrogen-bond acceptors (Lipinski definition) is 2. The molecule has 0 unspecified atom stereocenters. The highest BCUT2D eigenvalue weighted by Crippen LogP contribution is 2.36. The standard InChI is InChI=1S/C10H9ClOS/c1-2-6-3-7-9(12)5-13-10(7)8(11)4-6/h3-5,12H,2H2,1H3. The lowest BCUT2D eigenvalue weighted by molar-refractivity contribution is 0.483. The van der Waals surface area contributed by atoms with Crippen LogP contribution in [-0.2, 0) is 6.42 Å². The van der Waals surface area contributed by atoms with Crippen LogP contribution in [0.5, 0.6) is 5.75 Å². The Balaban J connectivity index is 2.80. The van der Waals surface area contributed by atoms with Crippen LogP contribution in [-0.4, -0.2) is 5.11 Å². The molecular weight excluding hydrogens is 204 g/mol. The Bertz CT molecular complexity index is 447. The minimum Gasteiger partial charge on any atom is -0.506 e. The zero-order valence-corrected chi connectivity index (χ0v) is 8.75. The van der Waals surface area contributed by atoms with Crippen LogP contribution in [0.15, 0.2) is 17.5 Å². The minimum absolute atomic E-state index is 0.331. The fourth-order valence-electron chi connectivity index (χ4n) is 1.34. The van der Waals surface area contributed by atoms with Gasteiger partial charge in [-0.05, 0) is 24.1 Å². The van der Waals surface area contributed by atoms with E-state index in [1.54, 1.807) is 5.38 Å². The molecule has 3 heteroatoms. The number of halogens is 1. The summed E-state index contributed by atoms with van der Waals surface area (Å²) in [6.45, 7) is 2.07. The van der Waals surface area contributed by atoms with E-state index in [4.69, 9.17) is 11.6 Å². The Kier molecular flexibility index (Phi) is 2.18. The van der Waals surface area contributed by atoms with E-state index in [0.29, 0.717) is 5.75 Å². The quantitative estimate of drug-likeness (QED) is 0.762. The van der Waals surface area contributed by atoms with Gasteiger partial charge in [0, 0.05) is 10.8 Å². The maximum Gasteiger partial charge on any atom is 0.134 e. The summed E-state index contributed by atoms with van der Waals surface area (Å²) in [6, 6.07) is 3.95. The van der Waals surface area contributed by atoms with Crippen molar-refractivity contribution in [1.82, 2.24) is 0 Å². The number of hydrogen-bond donors (Lipinski definition) is 1. The van der Waals surface area contributed by atoms with Gasteiger partial charge in [0.1, 0.15) is 5.75 Å². The molecule has 0 amide bonds. The van der Waals surface area contributed by atoms with Crippen LogP contribution in [0.3, 0.4) is 0 Å². The van der Waals surface area contributed by atoms with E-state index < -0.39 is 0 Å². The molecule has 0 atom stereocenters. The van der Waals surface area contributed by atoms with Crippen LogP contribution < -0.4 is 0 Å². The van der Waals surface area contributed by atoms with E-state index in [-0.39, 0.29) is 0 Å². The summed E-state index contributed by atoms with van der Waals surface area (Å²) in [6.07, 6.45) is 0.935. The van der Waals surface area contributed by atoms with E-state index in [0.717, 1.165) is 27.1 Å². The van der Waals surface area contributed by atoms with Crippen LogP contribution in [0.2, 0.25) is 5.02 Å². The molecule has 1 heterocycles. The molecule has 2 aromatic rings. The molecule has 0 bridgehead atoms. The van der Waals surface area contributed by atoms with Gasteiger partial charge >= 0.3 is 0 Å². The van der Waals surface area contributed by atoms with Gasteiger partial charge in [-0.2, -0.15) is 0 Å². The van der Waals surface area contributed by atoms with Gasteiger partial charge in [-0.3, -0.25) is 0 Å². The lowest BCUT2D eigenvalue weighted by atomic mass is 10.1. The van der Waals surface area contributed by atoms with Gasteiger partial charge in [-0.1, -0.05) is 18.5 Å². The van der Waals surface area contributed by atoms with Gasteiger partial charge in [0.15, 0.2) is 0 Å². The average molecular weight is 213 g/mol. The largest absolute Gasteiger partial charge is 0.506 e. The Morgan fingerprint density at radius 3 is 2.92 bits per heavy atom. The molecule has 0 spiro atoms. The van der Waals surface area contributed by atoms with Crippen molar-refractivity contribution in [3.8, 4) is 5.75 Å². The van der Waals surface area contributed by atoms with Gasteiger partial charge in [0.05, 0.1) is 9.72 Å². The highest BCUT2D eigenvalue weighted by molar-refractivity contribution is 7.18. The third kappa shape index (κ3) is 1.40. The first-order valence-electron chi connectivity index (χ1n) is 4.11. The SMILES string of the molecule is CCc1cc(Cl)c2scc(O)c2c1. The Morgan fingerprint density at radius 2 is 2.23 bits per heavy atom. The molecule has 0 fully saturated rings. The maximum atomic E-state index is 9.51. The summed E-state index contributed by atoms with van der Waals surface area (Å²) >= 11 is 7.53. The molecule has 0 aliphatic heterocycles. The molecule has 1 aromatic heterocycles. The number of thiophene rings is 1. The third-order valence-electron chi connectivity index (χ3n) is 2.08. The van der Waals surface area contributed by atoms with Crippen molar-refractivity contribution in [2.24, 2.45) is 0 Å². The van der Waals surface area contributed by atoms with Crippen molar-refractivity contribution >= 4 is 33.0 Å². The highest BCUT2D eigenvalue weighted by Gasteiger charge is 2.07. The van der Waals surface area contributed by atoms with E-state index >= 15 is 0 Å². The van der Waals surface area contributed by atoms with E-state index in [2.05, 4.69) is 6.92 Å². The van der Waals surface area contributed by atoms with E-state index in [1.807, 2.05) is 12.1 Å². The molecular formula is C10H9ClOS. The Hall–Kier alpha value is -0.730. The summed E-state index contributed by atoms with van der Waals surface area (Å²) < 4.78 is 0.969. The highest BCUT2D eigenvalue weighted by atomic mass is 35.5. The first-order valence-corrected chi connectivity index (χ1v) is 5.36.